The van der Waals surface area contributed by atoms with Crippen molar-refractivity contribution < 1.29 is 0 Å². The molecule has 6 heterocycles. The van der Waals surface area contributed by atoms with Crippen molar-refractivity contribution in [2.75, 3.05) is 10.6 Å². The first-order chi connectivity index (χ1) is 24.0. The highest BCUT2D eigenvalue weighted by Crippen LogP contribution is 2.27. The van der Waals surface area contributed by atoms with Crippen LogP contribution in [0.4, 0.5) is 11.6 Å². The number of rotatable bonds is 8. The third-order valence-corrected chi connectivity index (χ3v) is 8.52. The van der Waals surface area contributed by atoms with Gasteiger partial charge in [0, 0.05) is 66.6 Å². The van der Waals surface area contributed by atoms with E-state index in [0.29, 0.717) is 13.1 Å². The number of hydrogen-bond donors (Lipinski definition) is 3. The maximum Gasteiger partial charge on any atom is 0.248 e. The van der Waals surface area contributed by atoms with Crippen molar-refractivity contribution in [3.8, 4) is 22.5 Å². The van der Waals surface area contributed by atoms with Crippen molar-refractivity contribution in [1.29, 1.82) is 0 Å². The van der Waals surface area contributed by atoms with E-state index in [4.69, 9.17) is 9.97 Å². The summed E-state index contributed by atoms with van der Waals surface area (Å²) in [7, 11) is 0. The van der Waals surface area contributed by atoms with Gasteiger partial charge in [-0.15, -0.1) is 0 Å². The smallest absolute Gasteiger partial charge is 0.248 e. The quantitative estimate of drug-likeness (QED) is 0.148. The molecule has 0 saturated carbocycles. The van der Waals surface area contributed by atoms with Crippen molar-refractivity contribution in [1.82, 2.24) is 44.1 Å². The van der Waals surface area contributed by atoms with Gasteiger partial charge in [-0.05, 0) is 43.5 Å². The molecule has 12 nitrogen and oxygen atoms in total. The Hall–Kier alpha value is -5.73. The number of fused-ring (bicyclic) bond motifs is 2. The molecule has 14 heteroatoms. The maximum absolute atomic E-state index is 11.4. The second kappa shape index (κ2) is 14.6. The zero-order chi connectivity index (χ0) is 33.6. The molecule has 49 heavy (non-hydrogen) atoms. The second-order valence-corrected chi connectivity index (χ2v) is 12.5. The summed E-state index contributed by atoms with van der Waals surface area (Å²) in [5, 5.41) is 15.5. The summed E-state index contributed by atoms with van der Waals surface area (Å²) in [6, 6.07) is 27.4. The Morgan fingerprint density at radius 1 is 0.633 bits per heavy atom. The zero-order valence-electron chi connectivity index (χ0n) is 25.7. The Labute approximate surface area is 296 Å². The fourth-order valence-corrected chi connectivity index (χ4v) is 5.74. The molecular formula is C35H27Br2N11O. The Bertz CT molecular complexity index is 2400. The van der Waals surface area contributed by atoms with Gasteiger partial charge in [-0.2, -0.15) is 19.2 Å². The third-order valence-electron chi connectivity index (χ3n) is 7.40. The predicted octanol–water partition coefficient (Wildman–Crippen LogP) is 7.02. The minimum absolute atomic E-state index is 0.119. The fraction of sp³-hybridized carbons (Fsp3) is 0.0571. The van der Waals surface area contributed by atoms with Crippen LogP contribution in [0.3, 0.4) is 0 Å². The molecule has 2 aromatic carbocycles. The minimum atomic E-state index is -0.119. The van der Waals surface area contributed by atoms with E-state index in [1.165, 1.54) is 6.33 Å². The lowest BCUT2D eigenvalue weighted by Gasteiger charge is -2.11. The molecule has 0 saturated heterocycles. The molecule has 8 aromatic rings. The summed E-state index contributed by atoms with van der Waals surface area (Å²) in [6.07, 6.45) is 10.2. The first kappa shape index (κ1) is 31.8. The molecule has 3 N–H and O–H groups in total. The van der Waals surface area contributed by atoms with Crippen LogP contribution in [0.5, 0.6) is 0 Å². The van der Waals surface area contributed by atoms with Crippen LogP contribution in [-0.4, -0.2) is 44.1 Å². The molecular weight excluding hydrogens is 750 g/mol. The van der Waals surface area contributed by atoms with E-state index in [0.717, 1.165) is 65.5 Å². The van der Waals surface area contributed by atoms with Crippen LogP contribution in [-0.2, 0) is 13.1 Å². The molecule has 0 aliphatic heterocycles. The predicted molar refractivity (Wildman–Crippen MR) is 196 cm³/mol. The molecule has 0 aliphatic carbocycles. The molecule has 0 unspecified atom stereocenters. The largest absolute Gasteiger partial charge is 0.366 e. The lowest BCUT2D eigenvalue weighted by atomic mass is 10.1. The first-order valence-corrected chi connectivity index (χ1v) is 16.7. The average molecular weight is 777 g/mol. The van der Waals surface area contributed by atoms with Gasteiger partial charge >= 0.3 is 0 Å². The van der Waals surface area contributed by atoms with Crippen molar-refractivity contribution in [2.24, 2.45) is 0 Å². The minimum Gasteiger partial charge on any atom is -0.366 e. The summed E-state index contributed by atoms with van der Waals surface area (Å²) in [5.74, 6) is 1.66. The number of nitrogens with one attached hydrogen (secondary N) is 3. The van der Waals surface area contributed by atoms with Crippen LogP contribution in [0.2, 0.25) is 0 Å². The molecule has 0 fully saturated rings. The van der Waals surface area contributed by atoms with Crippen molar-refractivity contribution in [3.05, 3.63) is 153 Å². The highest BCUT2D eigenvalue weighted by molar-refractivity contribution is 9.11. The van der Waals surface area contributed by atoms with Gasteiger partial charge in [0.1, 0.15) is 18.0 Å². The molecule has 0 radical (unpaired) electrons. The monoisotopic (exact) mass is 775 g/mol. The van der Waals surface area contributed by atoms with Gasteiger partial charge in [0.2, 0.25) is 5.56 Å². The highest BCUT2D eigenvalue weighted by atomic mass is 79.9. The van der Waals surface area contributed by atoms with Crippen LogP contribution < -0.4 is 16.2 Å². The van der Waals surface area contributed by atoms with Crippen LogP contribution >= 0.6 is 31.9 Å². The number of aromatic nitrogens is 9. The summed E-state index contributed by atoms with van der Waals surface area (Å²) in [6.45, 7) is 1.11. The maximum atomic E-state index is 11.4. The number of benzene rings is 2. The molecule has 0 spiro atoms. The van der Waals surface area contributed by atoms with E-state index < -0.39 is 0 Å². The summed E-state index contributed by atoms with van der Waals surface area (Å²) in [4.78, 5) is 31.5. The third kappa shape index (κ3) is 7.40. The van der Waals surface area contributed by atoms with Gasteiger partial charge in [0.05, 0.1) is 32.7 Å². The lowest BCUT2D eigenvalue weighted by molar-refractivity contribution is 0.922. The van der Waals surface area contributed by atoms with Crippen LogP contribution in [0.25, 0.3) is 33.8 Å². The Morgan fingerprint density at radius 2 is 1.14 bits per heavy atom. The van der Waals surface area contributed by atoms with E-state index in [9.17, 15) is 4.79 Å². The number of aromatic amines is 1. The highest BCUT2D eigenvalue weighted by Gasteiger charge is 2.13. The Balaban J connectivity index is 0.000000154. The Kier molecular flexibility index (Phi) is 9.48. The SMILES string of the molecule is Brc1cnn2c(NCc3cncnc3)cc(-c3ccccc3)nc12.O=c1cc(CNc2cc(-c3ccccc3)nc3c(Br)cnn23)cc[nH]1. The summed E-state index contributed by atoms with van der Waals surface area (Å²) in [5.41, 5.74) is 7.08. The molecule has 8 rings (SSSR count). The molecule has 242 valence electrons. The van der Waals surface area contributed by atoms with Crippen molar-refractivity contribution in [2.45, 2.75) is 13.1 Å². The number of nitrogens with zero attached hydrogens (tertiary/aromatic N) is 8. The summed E-state index contributed by atoms with van der Waals surface area (Å²) >= 11 is 7.00. The standard InChI is InChI=1S/C18H14BrN5O.C17H13BrN6/c19-14-11-22-24-16(21-10-12-6-7-20-17(25)8-12)9-15(23-18(14)24)13-4-2-1-3-5-13;18-14-10-22-24-16(21-9-12-7-19-11-20-8-12)6-15(23-17(14)24)13-4-2-1-3-5-13/h1-9,11,21H,10H2,(H,20,25);1-8,10-11,21H,9H2. The number of halogens is 2. The number of pyridine rings is 1. The normalized spacial score (nSPS) is 10.9. The molecule has 0 bridgehead atoms. The molecule has 6 aromatic heterocycles. The molecule has 0 atom stereocenters. The number of anilines is 2. The van der Waals surface area contributed by atoms with Gasteiger partial charge < -0.3 is 15.6 Å². The van der Waals surface area contributed by atoms with Crippen molar-refractivity contribution in [3.63, 3.8) is 0 Å². The van der Waals surface area contributed by atoms with E-state index in [1.807, 2.05) is 78.9 Å². The van der Waals surface area contributed by atoms with E-state index in [2.05, 4.69) is 67.6 Å². The Morgan fingerprint density at radius 3 is 1.65 bits per heavy atom. The number of H-pyrrole nitrogens is 1. The van der Waals surface area contributed by atoms with Gasteiger partial charge in [-0.3, -0.25) is 4.79 Å². The van der Waals surface area contributed by atoms with Gasteiger partial charge in [0.25, 0.3) is 0 Å². The topological polar surface area (TPSA) is 143 Å². The second-order valence-electron chi connectivity index (χ2n) is 10.8. The summed E-state index contributed by atoms with van der Waals surface area (Å²) < 4.78 is 5.19. The number of hydrogen-bond acceptors (Lipinski definition) is 9. The lowest BCUT2D eigenvalue weighted by Crippen LogP contribution is -2.10. The van der Waals surface area contributed by atoms with E-state index >= 15 is 0 Å². The zero-order valence-corrected chi connectivity index (χ0v) is 28.9. The van der Waals surface area contributed by atoms with Crippen LogP contribution in [0.1, 0.15) is 11.1 Å². The van der Waals surface area contributed by atoms with Crippen LogP contribution in [0.15, 0.2) is 136 Å². The fourth-order valence-electron chi connectivity index (χ4n) is 5.04. The van der Waals surface area contributed by atoms with E-state index in [1.54, 1.807) is 46.1 Å². The average Bonchev–Trinajstić information content (AvgIpc) is 3.72. The molecule has 0 aliphatic rings. The van der Waals surface area contributed by atoms with E-state index in [-0.39, 0.29) is 5.56 Å². The van der Waals surface area contributed by atoms with Crippen molar-refractivity contribution >= 4 is 54.8 Å². The van der Waals surface area contributed by atoms with Gasteiger partial charge in [-0.1, -0.05) is 60.7 Å². The first-order valence-electron chi connectivity index (χ1n) is 15.1. The van der Waals surface area contributed by atoms with Crippen LogP contribution in [0, 0.1) is 0 Å². The van der Waals surface area contributed by atoms with Gasteiger partial charge in [0.15, 0.2) is 11.3 Å². The molecule has 0 amide bonds. The van der Waals surface area contributed by atoms with Gasteiger partial charge in [-0.25, -0.2) is 19.9 Å².